The summed E-state index contributed by atoms with van der Waals surface area (Å²) in [6, 6.07) is 14.6. The number of benzene rings is 2. The summed E-state index contributed by atoms with van der Waals surface area (Å²) >= 11 is 6.11. The van der Waals surface area contributed by atoms with Gasteiger partial charge in [0.2, 0.25) is 15.9 Å². The fourth-order valence-electron chi connectivity index (χ4n) is 2.49. The molecule has 26 heavy (non-hydrogen) atoms. The van der Waals surface area contributed by atoms with Gasteiger partial charge in [0.1, 0.15) is 0 Å². The highest BCUT2D eigenvalue weighted by Crippen LogP contribution is 2.18. The van der Waals surface area contributed by atoms with E-state index in [-0.39, 0.29) is 25.0 Å². The average Bonchev–Trinajstić information content (AvgIpc) is 2.55. The van der Waals surface area contributed by atoms with Gasteiger partial charge in [-0.1, -0.05) is 59.6 Å². The molecule has 1 amide bonds. The third kappa shape index (κ3) is 5.83. The molecule has 5 nitrogen and oxygen atoms in total. The van der Waals surface area contributed by atoms with Gasteiger partial charge in [0, 0.05) is 11.6 Å². The van der Waals surface area contributed by atoms with Crippen molar-refractivity contribution in [3.8, 4) is 0 Å². The van der Waals surface area contributed by atoms with Gasteiger partial charge in [0.15, 0.2) is 0 Å². The Kier molecular flexibility index (Phi) is 6.81. The number of amides is 1. The molecule has 2 rings (SSSR count). The summed E-state index contributed by atoms with van der Waals surface area (Å²) in [6.07, 6.45) is 1.08. The molecule has 2 aromatic rings. The quantitative estimate of drug-likeness (QED) is 0.783. The molecule has 0 saturated carbocycles. The fourth-order valence-corrected chi connectivity index (χ4v) is 3.41. The Morgan fingerprint density at radius 1 is 1.15 bits per heavy atom. The molecule has 7 heteroatoms. The summed E-state index contributed by atoms with van der Waals surface area (Å²) in [5.74, 6) is -0.365. The number of rotatable bonds is 7. The van der Waals surface area contributed by atoms with Crippen molar-refractivity contribution in [2.45, 2.75) is 26.4 Å². The highest BCUT2D eigenvalue weighted by Gasteiger charge is 2.22. The van der Waals surface area contributed by atoms with Crippen molar-refractivity contribution >= 4 is 27.5 Å². The van der Waals surface area contributed by atoms with E-state index in [0.29, 0.717) is 10.6 Å². The molecule has 140 valence electrons. The fraction of sp³-hybridized carbons (Fsp3) is 0.316. The summed E-state index contributed by atoms with van der Waals surface area (Å²) in [6.45, 7) is 3.64. The van der Waals surface area contributed by atoms with E-state index in [4.69, 9.17) is 11.6 Å². The summed E-state index contributed by atoms with van der Waals surface area (Å²) in [5.41, 5.74) is 2.75. The van der Waals surface area contributed by atoms with E-state index in [0.717, 1.165) is 21.7 Å². The normalized spacial score (nSPS) is 12.8. The van der Waals surface area contributed by atoms with Crippen molar-refractivity contribution in [1.29, 1.82) is 0 Å². The van der Waals surface area contributed by atoms with Crippen LogP contribution in [0.2, 0.25) is 5.02 Å². The van der Waals surface area contributed by atoms with Crippen molar-refractivity contribution < 1.29 is 13.2 Å². The predicted octanol–water partition coefficient (Wildman–Crippen LogP) is 3.29. The zero-order valence-corrected chi connectivity index (χ0v) is 16.6. The second-order valence-electron chi connectivity index (χ2n) is 6.32. The molecule has 0 heterocycles. The highest BCUT2D eigenvalue weighted by molar-refractivity contribution is 7.88. The number of hydrogen-bond donors (Lipinski definition) is 1. The maximum absolute atomic E-state index is 12.4. The Hall–Kier alpha value is -1.89. The van der Waals surface area contributed by atoms with Gasteiger partial charge in [-0.2, -0.15) is 4.31 Å². The van der Waals surface area contributed by atoms with Crippen LogP contribution >= 0.6 is 11.6 Å². The molecule has 2 aromatic carbocycles. The van der Waals surface area contributed by atoms with Crippen LogP contribution in [0.15, 0.2) is 48.5 Å². The van der Waals surface area contributed by atoms with Gasteiger partial charge in [0.05, 0.1) is 18.8 Å². The SMILES string of the molecule is Cc1ccc(C(C)NC(=O)CN(Cc2ccccc2Cl)S(C)(=O)=O)cc1. The van der Waals surface area contributed by atoms with Gasteiger partial charge in [-0.15, -0.1) is 0 Å². The van der Waals surface area contributed by atoms with Gasteiger partial charge < -0.3 is 5.32 Å². The maximum Gasteiger partial charge on any atom is 0.235 e. The Labute approximate surface area is 160 Å². The monoisotopic (exact) mass is 394 g/mol. The summed E-state index contributed by atoms with van der Waals surface area (Å²) in [7, 11) is -3.57. The molecule has 0 spiro atoms. The molecule has 0 aliphatic rings. The van der Waals surface area contributed by atoms with Crippen LogP contribution in [-0.2, 0) is 21.4 Å². The van der Waals surface area contributed by atoms with E-state index in [9.17, 15) is 13.2 Å². The van der Waals surface area contributed by atoms with Crippen LogP contribution in [0, 0.1) is 6.92 Å². The summed E-state index contributed by atoms with van der Waals surface area (Å²) < 4.78 is 25.3. The predicted molar refractivity (Wildman–Crippen MR) is 104 cm³/mol. The molecular weight excluding hydrogens is 372 g/mol. The van der Waals surface area contributed by atoms with Crippen molar-refractivity contribution in [3.63, 3.8) is 0 Å². The molecule has 0 aliphatic heterocycles. The highest BCUT2D eigenvalue weighted by atomic mass is 35.5. The lowest BCUT2D eigenvalue weighted by Crippen LogP contribution is -2.40. The first kappa shape index (κ1) is 20.4. The van der Waals surface area contributed by atoms with Gasteiger partial charge in [-0.3, -0.25) is 4.79 Å². The van der Waals surface area contributed by atoms with Crippen LogP contribution in [0.3, 0.4) is 0 Å². The zero-order valence-electron chi connectivity index (χ0n) is 15.1. The summed E-state index contributed by atoms with van der Waals surface area (Å²) in [5, 5.41) is 3.31. The molecule has 0 fully saturated rings. The first-order chi connectivity index (χ1) is 12.2. The summed E-state index contributed by atoms with van der Waals surface area (Å²) in [4.78, 5) is 12.4. The van der Waals surface area contributed by atoms with E-state index in [1.807, 2.05) is 38.1 Å². The van der Waals surface area contributed by atoms with E-state index in [2.05, 4.69) is 5.32 Å². The van der Waals surface area contributed by atoms with Gasteiger partial charge in [-0.25, -0.2) is 8.42 Å². The Morgan fingerprint density at radius 3 is 2.35 bits per heavy atom. The number of nitrogens with zero attached hydrogens (tertiary/aromatic N) is 1. The minimum Gasteiger partial charge on any atom is -0.348 e. The van der Waals surface area contributed by atoms with Crippen molar-refractivity contribution in [3.05, 3.63) is 70.2 Å². The van der Waals surface area contributed by atoms with Gasteiger partial charge >= 0.3 is 0 Å². The van der Waals surface area contributed by atoms with E-state index < -0.39 is 10.0 Å². The minimum atomic E-state index is -3.57. The largest absolute Gasteiger partial charge is 0.348 e. The van der Waals surface area contributed by atoms with E-state index >= 15 is 0 Å². The van der Waals surface area contributed by atoms with Crippen molar-refractivity contribution in [2.75, 3.05) is 12.8 Å². The zero-order chi connectivity index (χ0) is 19.3. The molecule has 1 atom stereocenters. The Balaban J connectivity index is 2.07. The Bertz CT molecular complexity index is 867. The second-order valence-corrected chi connectivity index (χ2v) is 8.71. The lowest BCUT2D eigenvalue weighted by Gasteiger charge is -2.22. The standard InChI is InChI=1S/C19H23ClN2O3S/c1-14-8-10-16(11-9-14)15(2)21-19(23)13-22(26(3,24)25)12-17-6-4-5-7-18(17)20/h4-11,15H,12-13H2,1-3H3,(H,21,23). The third-order valence-electron chi connectivity index (χ3n) is 4.05. The number of hydrogen-bond acceptors (Lipinski definition) is 3. The number of carbonyl (C=O) groups excluding carboxylic acids is 1. The van der Waals surface area contributed by atoms with E-state index in [1.54, 1.807) is 24.3 Å². The van der Waals surface area contributed by atoms with Crippen LogP contribution in [0.1, 0.15) is 29.7 Å². The van der Waals surface area contributed by atoms with Crippen LogP contribution < -0.4 is 5.32 Å². The van der Waals surface area contributed by atoms with Gasteiger partial charge in [-0.05, 0) is 31.0 Å². The number of nitrogens with one attached hydrogen (secondary N) is 1. The maximum atomic E-state index is 12.4. The minimum absolute atomic E-state index is 0.0465. The van der Waals surface area contributed by atoms with Crippen molar-refractivity contribution in [1.82, 2.24) is 9.62 Å². The average molecular weight is 395 g/mol. The third-order valence-corrected chi connectivity index (χ3v) is 5.61. The number of aryl methyl sites for hydroxylation is 1. The van der Waals surface area contributed by atoms with E-state index in [1.165, 1.54) is 0 Å². The molecular formula is C19H23ClN2O3S. The molecule has 0 aliphatic carbocycles. The van der Waals surface area contributed by atoms with Gasteiger partial charge in [0.25, 0.3) is 0 Å². The van der Waals surface area contributed by atoms with Crippen LogP contribution in [0.25, 0.3) is 0 Å². The first-order valence-corrected chi connectivity index (χ1v) is 10.4. The van der Waals surface area contributed by atoms with Crippen LogP contribution in [0.5, 0.6) is 0 Å². The lowest BCUT2D eigenvalue weighted by atomic mass is 10.1. The molecule has 0 aromatic heterocycles. The molecule has 0 radical (unpaired) electrons. The number of halogens is 1. The Morgan fingerprint density at radius 2 is 1.77 bits per heavy atom. The number of carbonyl (C=O) groups is 1. The van der Waals surface area contributed by atoms with Crippen LogP contribution in [0.4, 0.5) is 0 Å². The topological polar surface area (TPSA) is 66.5 Å². The molecule has 0 saturated heterocycles. The van der Waals surface area contributed by atoms with Crippen LogP contribution in [-0.4, -0.2) is 31.4 Å². The smallest absolute Gasteiger partial charge is 0.235 e. The molecule has 1 unspecified atom stereocenters. The lowest BCUT2D eigenvalue weighted by molar-refractivity contribution is -0.122. The molecule has 1 N–H and O–H groups in total. The number of sulfonamides is 1. The van der Waals surface area contributed by atoms with Crippen molar-refractivity contribution in [2.24, 2.45) is 0 Å². The molecule has 0 bridgehead atoms. The first-order valence-electron chi connectivity index (χ1n) is 8.21. The second kappa shape index (κ2) is 8.66.